The normalized spacial score (nSPS) is 10.6. The summed E-state index contributed by atoms with van der Waals surface area (Å²) in [5.41, 5.74) is 6.67. The predicted octanol–water partition coefficient (Wildman–Crippen LogP) is 3.52. The topological polar surface area (TPSA) is 78.1 Å². The number of rotatable bonds is 8. The lowest BCUT2D eigenvalue weighted by Gasteiger charge is -2.11. The fourth-order valence-electron chi connectivity index (χ4n) is 2.07. The van der Waals surface area contributed by atoms with E-state index < -0.39 is 0 Å². The Balaban J connectivity index is 0.00000312. The highest BCUT2D eigenvalue weighted by Crippen LogP contribution is 2.29. The average Bonchev–Trinajstić information content (AvgIpc) is 2.62. The van der Waals surface area contributed by atoms with Gasteiger partial charge in [0.25, 0.3) is 0 Å². The third-order valence-corrected chi connectivity index (χ3v) is 3.25. The molecule has 2 aromatic rings. The van der Waals surface area contributed by atoms with Crippen molar-refractivity contribution in [2.75, 3.05) is 32.7 Å². The van der Waals surface area contributed by atoms with E-state index in [1.807, 2.05) is 42.5 Å². The number of aliphatic imine (C=N–C) groups is 1. The van der Waals surface area contributed by atoms with Crippen LogP contribution in [0.25, 0.3) is 0 Å². The molecular formula is C18H24IN3O3. The summed E-state index contributed by atoms with van der Waals surface area (Å²) < 4.78 is 16.0. The quantitative estimate of drug-likeness (QED) is 0.275. The monoisotopic (exact) mass is 457 g/mol. The zero-order valence-electron chi connectivity index (χ0n) is 14.4. The molecule has 0 saturated carbocycles. The van der Waals surface area contributed by atoms with Crippen molar-refractivity contribution in [3.63, 3.8) is 0 Å². The second kappa shape index (κ2) is 11.4. The SMILES string of the molecule is COc1ccc(NC(N)=NCCCOc2ccccc2)cc1OC.I. The fourth-order valence-corrected chi connectivity index (χ4v) is 2.07. The van der Waals surface area contributed by atoms with Crippen molar-refractivity contribution in [1.29, 1.82) is 0 Å². The van der Waals surface area contributed by atoms with Gasteiger partial charge in [0.1, 0.15) is 5.75 Å². The van der Waals surface area contributed by atoms with Crippen LogP contribution in [-0.4, -0.2) is 33.3 Å². The molecule has 0 aliphatic heterocycles. The van der Waals surface area contributed by atoms with Crippen molar-refractivity contribution >= 4 is 35.6 Å². The Hall–Kier alpha value is -2.16. The summed E-state index contributed by atoms with van der Waals surface area (Å²) in [6, 6.07) is 15.2. The van der Waals surface area contributed by atoms with Crippen molar-refractivity contribution in [3.05, 3.63) is 48.5 Å². The van der Waals surface area contributed by atoms with Crippen LogP contribution in [0.15, 0.2) is 53.5 Å². The molecular weight excluding hydrogens is 433 g/mol. The molecule has 6 nitrogen and oxygen atoms in total. The Labute approximate surface area is 165 Å². The molecule has 2 aromatic carbocycles. The summed E-state index contributed by atoms with van der Waals surface area (Å²) in [5.74, 6) is 2.50. The third kappa shape index (κ3) is 7.08. The number of para-hydroxylation sites is 1. The van der Waals surface area contributed by atoms with E-state index in [2.05, 4.69) is 10.3 Å². The smallest absolute Gasteiger partial charge is 0.193 e. The maximum atomic E-state index is 5.89. The van der Waals surface area contributed by atoms with Crippen LogP contribution in [0.2, 0.25) is 0 Å². The Kier molecular flexibility index (Phi) is 9.53. The lowest BCUT2D eigenvalue weighted by atomic mass is 10.3. The number of ether oxygens (including phenoxy) is 3. The van der Waals surface area contributed by atoms with Crippen LogP contribution >= 0.6 is 24.0 Å². The third-order valence-electron chi connectivity index (χ3n) is 3.25. The molecule has 0 unspecified atom stereocenters. The Bertz CT molecular complexity index is 666. The average molecular weight is 457 g/mol. The van der Waals surface area contributed by atoms with Gasteiger partial charge in [0, 0.05) is 24.7 Å². The van der Waals surface area contributed by atoms with E-state index in [4.69, 9.17) is 19.9 Å². The molecule has 0 atom stereocenters. The number of nitrogens with zero attached hydrogens (tertiary/aromatic N) is 1. The van der Waals surface area contributed by atoms with E-state index in [9.17, 15) is 0 Å². The molecule has 136 valence electrons. The first-order valence-electron chi connectivity index (χ1n) is 7.69. The molecule has 2 rings (SSSR count). The second-order valence-electron chi connectivity index (χ2n) is 4.98. The minimum atomic E-state index is 0. The van der Waals surface area contributed by atoms with Crippen LogP contribution in [0.1, 0.15) is 6.42 Å². The van der Waals surface area contributed by atoms with Gasteiger partial charge < -0.3 is 25.3 Å². The number of guanidine groups is 1. The van der Waals surface area contributed by atoms with Gasteiger partial charge in [-0.2, -0.15) is 0 Å². The Morgan fingerprint density at radius 1 is 1.04 bits per heavy atom. The van der Waals surface area contributed by atoms with Crippen LogP contribution in [0.3, 0.4) is 0 Å². The summed E-state index contributed by atoms with van der Waals surface area (Å²) in [4.78, 5) is 4.28. The van der Waals surface area contributed by atoms with Gasteiger partial charge in [0.05, 0.1) is 20.8 Å². The van der Waals surface area contributed by atoms with E-state index in [-0.39, 0.29) is 24.0 Å². The lowest BCUT2D eigenvalue weighted by molar-refractivity contribution is 0.313. The highest BCUT2D eigenvalue weighted by Gasteiger charge is 2.04. The molecule has 0 amide bonds. The number of benzene rings is 2. The molecule has 0 radical (unpaired) electrons. The largest absolute Gasteiger partial charge is 0.494 e. The number of hydrogen-bond donors (Lipinski definition) is 2. The second-order valence-corrected chi connectivity index (χ2v) is 4.98. The van der Waals surface area contributed by atoms with Crippen LogP contribution in [0.4, 0.5) is 5.69 Å². The highest BCUT2D eigenvalue weighted by molar-refractivity contribution is 14.0. The van der Waals surface area contributed by atoms with Gasteiger partial charge in [-0.15, -0.1) is 24.0 Å². The number of nitrogens with one attached hydrogen (secondary N) is 1. The number of hydrogen-bond acceptors (Lipinski definition) is 4. The van der Waals surface area contributed by atoms with Gasteiger partial charge in [0.15, 0.2) is 17.5 Å². The van der Waals surface area contributed by atoms with Crippen molar-refractivity contribution in [2.24, 2.45) is 10.7 Å². The summed E-state index contributed by atoms with van der Waals surface area (Å²) in [7, 11) is 3.18. The van der Waals surface area contributed by atoms with E-state index in [1.165, 1.54) is 0 Å². The minimum absolute atomic E-state index is 0. The maximum Gasteiger partial charge on any atom is 0.193 e. The van der Waals surface area contributed by atoms with Gasteiger partial charge in [0.2, 0.25) is 0 Å². The van der Waals surface area contributed by atoms with Gasteiger partial charge in [-0.1, -0.05) is 18.2 Å². The molecule has 25 heavy (non-hydrogen) atoms. The maximum absolute atomic E-state index is 5.89. The summed E-state index contributed by atoms with van der Waals surface area (Å²) in [6.45, 7) is 1.18. The molecule has 3 N–H and O–H groups in total. The zero-order valence-corrected chi connectivity index (χ0v) is 16.7. The summed E-state index contributed by atoms with van der Waals surface area (Å²) >= 11 is 0. The van der Waals surface area contributed by atoms with Gasteiger partial charge in [-0.3, -0.25) is 4.99 Å². The number of halogens is 1. The standard InChI is InChI=1S/C18H23N3O3.HI/c1-22-16-10-9-14(13-17(16)23-2)21-18(19)20-11-6-12-24-15-7-4-3-5-8-15;/h3-5,7-10,13H,6,11-12H2,1-2H3,(H3,19,20,21);1H. The molecule has 0 aliphatic carbocycles. The number of anilines is 1. The van der Waals surface area contributed by atoms with E-state index >= 15 is 0 Å². The fraction of sp³-hybridized carbons (Fsp3) is 0.278. The van der Waals surface area contributed by atoms with Crippen molar-refractivity contribution < 1.29 is 14.2 Å². The summed E-state index contributed by atoms with van der Waals surface area (Å²) in [6.07, 6.45) is 0.781. The van der Waals surface area contributed by atoms with Crippen LogP contribution < -0.4 is 25.3 Å². The molecule has 0 saturated heterocycles. The lowest BCUT2D eigenvalue weighted by Crippen LogP contribution is -2.23. The number of methoxy groups -OCH3 is 2. The summed E-state index contributed by atoms with van der Waals surface area (Å²) in [5, 5.41) is 3.03. The van der Waals surface area contributed by atoms with Crippen molar-refractivity contribution in [2.45, 2.75) is 6.42 Å². The van der Waals surface area contributed by atoms with Crippen molar-refractivity contribution in [1.82, 2.24) is 0 Å². The van der Waals surface area contributed by atoms with Gasteiger partial charge in [-0.25, -0.2) is 0 Å². The Morgan fingerprint density at radius 3 is 2.44 bits per heavy atom. The van der Waals surface area contributed by atoms with Crippen LogP contribution in [0, 0.1) is 0 Å². The molecule has 0 spiro atoms. The van der Waals surface area contributed by atoms with E-state index in [0.29, 0.717) is 30.6 Å². The molecule has 0 bridgehead atoms. The Morgan fingerprint density at radius 2 is 1.76 bits per heavy atom. The molecule has 0 aromatic heterocycles. The zero-order chi connectivity index (χ0) is 17.2. The van der Waals surface area contributed by atoms with Crippen LogP contribution in [0.5, 0.6) is 17.2 Å². The van der Waals surface area contributed by atoms with E-state index in [1.54, 1.807) is 20.3 Å². The van der Waals surface area contributed by atoms with Crippen molar-refractivity contribution in [3.8, 4) is 17.2 Å². The molecule has 0 fully saturated rings. The minimum Gasteiger partial charge on any atom is -0.494 e. The first-order chi connectivity index (χ1) is 11.7. The number of nitrogens with two attached hydrogens (primary N) is 1. The van der Waals surface area contributed by atoms with Gasteiger partial charge in [-0.05, 0) is 24.3 Å². The van der Waals surface area contributed by atoms with Crippen LogP contribution in [-0.2, 0) is 0 Å². The first-order valence-corrected chi connectivity index (χ1v) is 7.69. The molecule has 0 aliphatic rings. The molecule has 0 heterocycles. The molecule has 7 heteroatoms. The van der Waals surface area contributed by atoms with Gasteiger partial charge >= 0.3 is 0 Å². The predicted molar refractivity (Wildman–Crippen MR) is 112 cm³/mol. The first kappa shape index (κ1) is 20.9. The van der Waals surface area contributed by atoms with E-state index in [0.717, 1.165) is 17.9 Å². The highest BCUT2D eigenvalue weighted by atomic mass is 127.